The van der Waals surface area contributed by atoms with E-state index in [2.05, 4.69) is 40.4 Å². The Labute approximate surface area is 123 Å². The van der Waals surface area contributed by atoms with Crippen molar-refractivity contribution in [2.45, 2.75) is 39.7 Å². The monoisotopic (exact) mass is 324 g/mol. The maximum Gasteiger partial charge on any atom is 0.242 e. The van der Waals surface area contributed by atoms with Crippen LogP contribution in [0.4, 0.5) is 5.69 Å². The van der Waals surface area contributed by atoms with Gasteiger partial charge in [0.25, 0.3) is 0 Å². The number of aryl methyl sites for hydroxylation is 1. The van der Waals surface area contributed by atoms with Crippen LogP contribution < -0.4 is 10.6 Å². The van der Waals surface area contributed by atoms with Gasteiger partial charge in [-0.2, -0.15) is 0 Å². The van der Waals surface area contributed by atoms with E-state index in [1.54, 1.807) is 0 Å². The highest BCUT2D eigenvalue weighted by Crippen LogP contribution is 2.31. The molecule has 0 aromatic heterocycles. The molecule has 1 aromatic rings. The summed E-state index contributed by atoms with van der Waals surface area (Å²) >= 11 is 3.49. The maximum atomic E-state index is 12.4. The third kappa shape index (κ3) is 3.37. The summed E-state index contributed by atoms with van der Waals surface area (Å²) in [6.45, 7) is 7.24. The van der Waals surface area contributed by atoms with Gasteiger partial charge in [0, 0.05) is 10.2 Å². The summed E-state index contributed by atoms with van der Waals surface area (Å²) in [6.07, 6.45) is 2.21. The van der Waals surface area contributed by atoms with Crippen molar-refractivity contribution < 1.29 is 4.79 Å². The van der Waals surface area contributed by atoms with Gasteiger partial charge in [0.1, 0.15) is 0 Å². The Hall–Kier alpha value is -0.870. The topological polar surface area (TPSA) is 41.1 Å². The van der Waals surface area contributed by atoms with E-state index in [4.69, 9.17) is 0 Å². The molecule has 1 aromatic carbocycles. The summed E-state index contributed by atoms with van der Waals surface area (Å²) in [6, 6.07) is 5.76. The summed E-state index contributed by atoms with van der Waals surface area (Å²) in [5.41, 5.74) is 2.00. The lowest BCUT2D eigenvalue weighted by molar-refractivity contribution is -0.121. The van der Waals surface area contributed by atoms with Crippen molar-refractivity contribution in [3.63, 3.8) is 0 Å². The first-order chi connectivity index (χ1) is 8.90. The van der Waals surface area contributed by atoms with Crippen LogP contribution in [-0.4, -0.2) is 18.5 Å². The average Bonchev–Trinajstić information content (AvgIpc) is 2.33. The number of hydrogen-bond donors (Lipinski definition) is 2. The standard InChI is InChI=1S/C15H21BrN2O/c1-10-5-6-11(9-12(10)16)18-14(19)13-15(2,3)7-4-8-17-13/h5-6,9,13,17H,4,7-8H2,1-3H3,(H,18,19). The number of carbonyl (C=O) groups excluding carboxylic acids is 1. The lowest BCUT2D eigenvalue weighted by Gasteiger charge is -2.38. The molecule has 19 heavy (non-hydrogen) atoms. The van der Waals surface area contributed by atoms with Crippen molar-refractivity contribution in [2.24, 2.45) is 5.41 Å². The Kier molecular flexibility index (Phi) is 4.31. The van der Waals surface area contributed by atoms with Gasteiger partial charge >= 0.3 is 0 Å². The lowest BCUT2D eigenvalue weighted by Crippen LogP contribution is -2.53. The fourth-order valence-corrected chi connectivity index (χ4v) is 2.92. The molecule has 1 heterocycles. The molecule has 1 fully saturated rings. The van der Waals surface area contributed by atoms with Gasteiger partial charge < -0.3 is 10.6 Å². The predicted molar refractivity (Wildman–Crippen MR) is 82.3 cm³/mol. The minimum Gasteiger partial charge on any atom is -0.325 e. The van der Waals surface area contributed by atoms with E-state index in [0.717, 1.165) is 35.1 Å². The molecule has 0 bridgehead atoms. The molecule has 1 unspecified atom stereocenters. The minimum absolute atomic E-state index is 0.00423. The fraction of sp³-hybridized carbons (Fsp3) is 0.533. The molecular weight excluding hydrogens is 304 g/mol. The molecule has 4 heteroatoms. The molecule has 104 valence electrons. The first-order valence-electron chi connectivity index (χ1n) is 6.70. The molecule has 0 saturated carbocycles. The van der Waals surface area contributed by atoms with E-state index < -0.39 is 0 Å². The highest BCUT2D eigenvalue weighted by atomic mass is 79.9. The van der Waals surface area contributed by atoms with Crippen LogP contribution in [-0.2, 0) is 4.79 Å². The maximum absolute atomic E-state index is 12.4. The molecule has 1 aliphatic heterocycles. The number of hydrogen-bond acceptors (Lipinski definition) is 2. The molecule has 0 radical (unpaired) electrons. The van der Waals surface area contributed by atoms with Crippen molar-refractivity contribution in [1.82, 2.24) is 5.32 Å². The Morgan fingerprint density at radius 3 is 2.84 bits per heavy atom. The van der Waals surface area contributed by atoms with Gasteiger partial charge in [-0.3, -0.25) is 4.79 Å². The number of amides is 1. The first kappa shape index (κ1) is 14.5. The molecule has 1 aliphatic rings. The number of rotatable bonds is 2. The SMILES string of the molecule is Cc1ccc(NC(=O)C2NCCCC2(C)C)cc1Br. The zero-order chi connectivity index (χ0) is 14.0. The van der Waals surface area contributed by atoms with Crippen LogP contribution >= 0.6 is 15.9 Å². The number of nitrogens with one attached hydrogen (secondary N) is 2. The van der Waals surface area contributed by atoms with Crippen LogP contribution in [0, 0.1) is 12.3 Å². The molecule has 3 nitrogen and oxygen atoms in total. The summed E-state index contributed by atoms with van der Waals surface area (Å²) in [7, 11) is 0. The second-order valence-corrected chi connectivity index (χ2v) is 6.79. The third-order valence-electron chi connectivity index (χ3n) is 3.83. The Balaban J connectivity index is 2.09. The van der Waals surface area contributed by atoms with E-state index in [1.807, 2.05) is 25.1 Å². The van der Waals surface area contributed by atoms with E-state index in [0.29, 0.717) is 0 Å². The quantitative estimate of drug-likeness (QED) is 0.874. The summed E-state index contributed by atoms with van der Waals surface area (Å²) in [4.78, 5) is 12.4. The predicted octanol–water partition coefficient (Wildman–Crippen LogP) is 3.47. The van der Waals surface area contributed by atoms with Crippen LogP contribution in [0.5, 0.6) is 0 Å². The van der Waals surface area contributed by atoms with Crippen molar-refractivity contribution in [1.29, 1.82) is 0 Å². The van der Waals surface area contributed by atoms with Crippen molar-refractivity contribution >= 4 is 27.5 Å². The number of carbonyl (C=O) groups is 1. The van der Waals surface area contributed by atoms with E-state index in [1.165, 1.54) is 0 Å². The normalized spacial score (nSPS) is 22.0. The summed E-state index contributed by atoms with van der Waals surface area (Å²) < 4.78 is 1.01. The number of piperidine rings is 1. The first-order valence-corrected chi connectivity index (χ1v) is 7.50. The lowest BCUT2D eigenvalue weighted by atomic mass is 9.77. The zero-order valence-electron chi connectivity index (χ0n) is 11.7. The number of halogens is 1. The van der Waals surface area contributed by atoms with Crippen LogP contribution in [0.25, 0.3) is 0 Å². The minimum atomic E-state index is -0.124. The molecule has 2 rings (SSSR count). The highest BCUT2D eigenvalue weighted by Gasteiger charge is 2.37. The van der Waals surface area contributed by atoms with Crippen LogP contribution in [0.2, 0.25) is 0 Å². The zero-order valence-corrected chi connectivity index (χ0v) is 13.3. The van der Waals surface area contributed by atoms with Crippen molar-refractivity contribution in [2.75, 3.05) is 11.9 Å². The molecule has 0 aliphatic carbocycles. The molecule has 1 atom stereocenters. The highest BCUT2D eigenvalue weighted by molar-refractivity contribution is 9.10. The van der Waals surface area contributed by atoms with Gasteiger partial charge in [0.05, 0.1) is 6.04 Å². The van der Waals surface area contributed by atoms with E-state index in [9.17, 15) is 4.79 Å². The summed E-state index contributed by atoms with van der Waals surface area (Å²) in [5.74, 6) is 0.0560. The van der Waals surface area contributed by atoms with Gasteiger partial charge in [0.15, 0.2) is 0 Å². The third-order valence-corrected chi connectivity index (χ3v) is 4.68. The smallest absolute Gasteiger partial charge is 0.242 e. The second kappa shape index (κ2) is 5.63. The fourth-order valence-electron chi connectivity index (χ4n) is 2.54. The van der Waals surface area contributed by atoms with Crippen LogP contribution in [0.3, 0.4) is 0 Å². The van der Waals surface area contributed by atoms with Crippen LogP contribution in [0.15, 0.2) is 22.7 Å². The van der Waals surface area contributed by atoms with Gasteiger partial charge in [-0.05, 0) is 49.4 Å². The van der Waals surface area contributed by atoms with Gasteiger partial charge in [-0.15, -0.1) is 0 Å². The molecule has 1 amide bonds. The van der Waals surface area contributed by atoms with E-state index in [-0.39, 0.29) is 17.4 Å². The molecular formula is C15H21BrN2O. The Bertz CT molecular complexity index is 485. The van der Waals surface area contributed by atoms with Gasteiger partial charge in [0.2, 0.25) is 5.91 Å². The molecule has 2 N–H and O–H groups in total. The van der Waals surface area contributed by atoms with Crippen LogP contribution in [0.1, 0.15) is 32.3 Å². The second-order valence-electron chi connectivity index (χ2n) is 5.93. The number of benzene rings is 1. The Morgan fingerprint density at radius 2 is 2.21 bits per heavy atom. The number of anilines is 1. The van der Waals surface area contributed by atoms with Gasteiger partial charge in [-0.1, -0.05) is 35.8 Å². The van der Waals surface area contributed by atoms with E-state index >= 15 is 0 Å². The Morgan fingerprint density at radius 1 is 1.47 bits per heavy atom. The van der Waals surface area contributed by atoms with Crippen molar-refractivity contribution in [3.05, 3.63) is 28.2 Å². The summed E-state index contributed by atoms with van der Waals surface area (Å²) in [5, 5.41) is 6.34. The average molecular weight is 325 g/mol. The largest absolute Gasteiger partial charge is 0.325 e. The van der Waals surface area contributed by atoms with Crippen molar-refractivity contribution in [3.8, 4) is 0 Å². The molecule has 1 saturated heterocycles. The molecule has 0 spiro atoms. The van der Waals surface area contributed by atoms with Gasteiger partial charge in [-0.25, -0.2) is 0 Å².